The molecule has 0 bridgehead atoms. The highest BCUT2D eigenvalue weighted by Gasteiger charge is 2.17. The zero-order valence-corrected chi connectivity index (χ0v) is 13.4. The van der Waals surface area contributed by atoms with Crippen LogP contribution in [0.25, 0.3) is 0 Å². The van der Waals surface area contributed by atoms with E-state index >= 15 is 0 Å². The summed E-state index contributed by atoms with van der Waals surface area (Å²) in [6.07, 6.45) is 3.33. The average molecular weight is 329 g/mol. The number of halogens is 1. The molecule has 6 nitrogen and oxygen atoms in total. The summed E-state index contributed by atoms with van der Waals surface area (Å²) in [6.45, 7) is 4.87. The van der Waals surface area contributed by atoms with E-state index < -0.39 is 10.0 Å². The number of rotatable bonds is 6. The predicted octanol–water partition coefficient (Wildman–Crippen LogP) is 1.92. The lowest BCUT2D eigenvalue weighted by molar-refractivity contribution is 0.544. The molecule has 114 valence electrons. The van der Waals surface area contributed by atoms with Crippen LogP contribution >= 0.6 is 11.6 Å². The molecule has 0 saturated carbocycles. The molecule has 0 radical (unpaired) electrons. The Labute approximate surface area is 129 Å². The van der Waals surface area contributed by atoms with Gasteiger partial charge in [0.25, 0.3) is 0 Å². The van der Waals surface area contributed by atoms with Gasteiger partial charge in [-0.25, -0.2) is 13.1 Å². The first-order valence-corrected chi connectivity index (χ1v) is 8.36. The van der Waals surface area contributed by atoms with Crippen LogP contribution in [0.3, 0.4) is 0 Å². The monoisotopic (exact) mass is 328 g/mol. The summed E-state index contributed by atoms with van der Waals surface area (Å²) >= 11 is 5.87. The number of nitrogens with one attached hydrogen (secondary N) is 1. The number of nitrogens with zero attached hydrogens (tertiary/aromatic N) is 3. The van der Waals surface area contributed by atoms with E-state index in [1.165, 1.54) is 18.5 Å². The van der Waals surface area contributed by atoms with Gasteiger partial charge in [-0.1, -0.05) is 11.6 Å². The number of aromatic nitrogens is 3. The van der Waals surface area contributed by atoms with Crippen molar-refractivity contribution >= 4 is 21.6 Å². The van der Waals surface area contributed by atoms with Crippen molar-refractivity contribution in [2.75, 3.05) is 6.54 Å². The second-order valence-electron chi connectivity index (χ2n) is 4.71. The molecule has 0 aliphatic carbocycles. The Kier molecular flexibility index (Phi) is 4.97. The highest BCUT2D eigenvalue weighted by atomic mass is 35.5. The first kappa shape index (κ1) is 15.9. The van der Waals surface area contributed by atoms with Crippen LogP contribution in [0.1, 0.15) is 17.8 Å². The molecule has 2 aromatic rings. The van der Waals surface area contributed by atoms with Crippen molar-refractivity contribution in [2.24, 2.45) is 0 Å². The van der Waals surface area contributed by atoms with Crippen LogP contribution in [0.4, 0.5) is 0 Å². The van der Waals surface area contributed by atoms with Gasteiger partial charge in [-0.2, -0.15) is 5.10 Å². The summed E-state index contributed by atoms with van der Waals surface area (Å²) < 4.78 is 28.5. The second kappa shape index (κ2) is 6.55. The van der Waals surface area contributed by atoms with E-state index in [0.717, 1.165) is 11.4 Å². The fraction of sp³-hybridized carbons (Fsp3) is 0.385. The van der Waals surface area contributed by atoms with Crippen LogP contribution in [0, 0.1) is 13.8 Å². The molecule has 2 rings (SSSR count). The van der Waals surface area contributed by atoms with E-state index in [1.807, 2.05) is 24.6 Å². The van der Waals surface area contributed by atoms with Gasteiger partial charge in [-0.15, -0.1) is 0 Å². The Bertz CT molecular complexity index is 728. The average Bonchev–Trinajstić information content (AvgIpc) is 2.73. The summed E-state index contributed by atoms with van der Waals surface area (Å²) in [5, 5.41) is 4.49. The lowest BCUT2D eigenvalue weighted by Gasteiger charge is -2.08. The maximum atomic E-state index is 12.1. The summed E-state index contributed by atoms with van der Waals surface area (Å²) in [6, 6.07) is 3.44. The van der Waals surface area contributed by atoms with Crippen LogP contribution < -0.4 is 4.72 Å². The maximum Gasteiger partial charge on any atom is 0.243 e. The number of aryl methyl sites for hydroxylation is 3. The Morgan fingerprint density at radius 2 is 2.14 bits per heavy atom. The third kappa shape index (κ3) is 4.03. The molecular weight excluding hydrogens is 312 g/mol. The van der Waals surface area contributed by atoms with Crippen LogP contribution in [-0.2, 0) is 16.6 Å². The Balaban J connectivity index is 1.91. The molecule has 0 aliphatic rings. The summed E-state index contributed by atoms with van der Waals surface area (Å²) in [7, 11) is -3.62. The molecule has 21 heavy (non-hydrogen) atoms. The van der Waals surface area contributed by atoms with E-state index in [4.69, 9.17) is 11.6 Å². The van der Waals surface area contributed by atoms with Gasteiger partial charge < -0.3 is 0 Å². The van der Waals surface area contributed by atoms with Gasteiger partial charge in [0.15, 0.2) is 0 Å². The minimum Gasteiger partial charge on any atom is -0.270 e. The topological polar surface area (TPSA) is 76.9 Å². The van der Waals surface area contributed by atoms with Gasteiger partial charge in [0.1, 0.15) is 4.90 Å². The Morgan fingerprint density at radius 1 is 1.38 bits per heavy atom. The number of sulfonamides is 1. The van der Waals surface area contributed by atoms with Crippen molar-refractivity contribution in [3.8, 4) is 0 Å². The molecule has 0 amide bonds. The molecule has 0 aromatic carbocycles. The van der Waals surface area contributed by atoms with Crippen LogP contribution in [0.15, 0.2) is 29.4 Å². The smallest absolute Gasteiger partial charge is 0.243 e. The van der Waals surface area contributed by atoms with Gasteiger partial charge in [0.05, 0.1) is 10.7 Å². The quantitative estimate of drug-likeness (QED) is 0.822. The fourth-order valence-corrected chi connectivity index (χ4v) is 3.48. The Hall–Kier alpha value is -1.44. The lowest BCUT2D eigenvalue weighted by Crippen LogP contribution is -2.26. The van der Waals surface area contributed by atoms with E-state index in [9.17, 15) is 8.42 Å². The van der Waals surface area contributed by atoms with Crippen molar-refractivity contribution in [3.63, 3.8) is 0 Å². The van der Waals surface area contributed by atoms with Crippen molar-refractivity contribution < 1.29 is 8.42 Å². The third-order valence-electron chi connectivity index (χ3n) is 2.97. The molecule has 0 spiro atoms. The molecule has 0 aliphatic heterocycles. The normalized spacial score (nSPS) is 11.8. The third-order valence-corrected chi connectivity index (χ3v) is 4.90. The van der Waals surface area contributed by atoms with Gasteiger partial charge >= 0.3 is 0 Å². The van der Waals surface area contributed by atoms with E-state index in [0.29, 0.717) is 19.5 Å². The molecular formula is C13H17ClN4O2S. The van der Waals surface area contributed by atoms with Gasteiger partial charge in [0.2, 0.25) is 10.0 Å². The SMILES string of the molecule is Cc1cc(C)n(CCCNS(=O)(=O)c2cnccc2Cl)n1. The molecule has 8 heteroatoms. The zero-order chi connectivity index (χ0) is 15.5. The number of hydrogen-bond donors (Lipinski definition) is 1. The van der Waals surface area contributed by atoms with Gasteiger partial charge in [0, 0.05) is 31.2 Å². The predicted molar refractivity (Wildman–Crippen MR) is 80.8 cm³/mol. The standard InChI is InChI=1S/C13H17ClN4O2S/c1-10-8-11(2)18(17-10)7-3-5-16-21(19,20)13-9-15-6-4-12(13)14/h4,6,8-9,16H,3,5,7H2,1-2H3. The number of hydrogen-bond acceptors (Lipinski definition) is 4. The van der Waals surface area contributed by atoms with Gasteiger partial charge in [-0.3, -0.25) is 9.67 Å². The minimum absolute atomic E-state index is 0.00205. The van der Waals surface area contributed by atoms with Crippen LogP contribution in [-0.4, -0.2) is 29.7 Å². The molecule has 0 saturated heterocycles. The molecule has 0 atom stereocenters. The zero-order valence-electron chi connectivity index (χ0n) is 11.9. The van der Waals surface area contributed by atoms with Crippen LogP contribution in [0.5, 0.6) is 0 Å². The molecule has 2 aromatic heterocycles. The van der Waals surface area contributed by atoms with E-state index in [2.05, 4.69) is 14.8 Å². The van der Waals surface area contributed by atoms with Crippen molar-refractivity contribution in [1.82, 2.24) is 19.5 Å². The summed E-state index contributed by atoms with van der Waals surface area (Å²) in [4.78, 5) is 3.78. The molecule has 0 unspecified atom stereocenters. The number of pyridine rings is 1. The first-order valence-electron chi connectivity index (χ1n) is 6.50. The largest absolute Gasteiger partial charge is 0.270 e. The van der Waals surface area contributed by atoms with Crippen molar-refractivity contribution in [2.45, 2.75) is 31.7 Å². The highest BCUT2D eigenvalue weighted by molar-refractivity contribution is 7.89. The lowest BCUT2D eigenvalue weighted by atomic mass is 10.4. The van der Waals surface area contributed by atoms with Crippen molar-refractivity contribution in [1.29, 1.82) is 0 Å². The second-order valence-corrected chi connectivity index (χ2v) is 6.85. The summed E-state index contributed by atoms with van der Waals surface area (Å²) in [5.74, 6) is 0. The minimum atomic E-state index is -3.62. The first-order chi connectivity index (χ1) is 9.90. The van der Waals surface area contributed by atoms with E-state index in [1.54, 1.807) is 0 Å². The molecule has 1 N–H and O–H groups in total. The van der Waals surface area contributed by atoms with E-state index in [-0.39, 0.29) is 9.92 Å². The maximum absolute atomic E-state index is 12.1. The van der Waals surface area contributed by atoms with Gasteiger partial charge in [-0.05, 0) is 32.4 Å². The molecule has 2 heterocycles. The van der Waals surface area contributed by atoms with Crippen molar-refractivity contribution in [3.05, 3.63) is 40.9 Å². The highest BCUT2D eigenvalue weighted by Crippen LogP contribution is 2.18. The Morgan fingerprint density at radius 3 is 2.76 bits per heavy atom. The molecule has 0 fully saturated rings. The van der Waals surface area contributed by atoms with Crippen LogP contribution in [0.2, 0.25) is 5.02 Å². The summed E-state index contributed by atoms with van der Waals surface area (Å²) in [5.41, 5.74) is 2.01. The fourth-order valence-electron chi connectivity index (χ4n) is 1.98.